The SMILES string of the molecule is O=C(c1ccc([N+](=O)[O-])cc1)c1ccc([N+](=O)[O-])cc1. The summed E-state index contributed by atoms with van der Waals surface area (Å²) in [6.07, 6.45) is 0. The maximum absolute atomic E-state index is 12.1. The van der Waals surface area contributed by atoms with Crippen LogP contribution in [0, 0.1) is 20.2 Å². The highest BCUT2D eigenvalue weighted by molar-refractivity contribution is 6.09. The van der Waals surface area contributed by atoms with Crippen LogP contribution in [0.15, 0.2) is 48.5 Å². The van der Waals surface area contributed by atoms with Gasteiger partial charge in [-0.25, -0.2) is 0 Å². The Morgan fingerprint density at radius 3 is 1.25 bits per heavy atom. The number of rotatable bonds is 4. The Morgan fingerprint density at radius 1 is 0.700 bits per heavy atom. The van der Waals surface area contributed by atoms with Crippen LogP contribution in [0.5, 0.6) is 0 Å². The molecule has 0 aliphatic carbocycles. The molecule has 2 aromatic rings. The molecule has 0 aliphatic heterocycles. The molecule has 0 amide bonds. The fraction of sp³-hybridized carbons (Fsp3) is 0. The van der Waals surface area contributed by atoms with Crippen molar-refractivity contribution in [2.75, 3.05) is 0 Å². The molecule has 0 radical (unpaired) electrons. The Kier molecular flexibility index (Phi) is 3.52. The molecule has 20 heavy (non-hydrogen) atoms. The van der Waals surface area contributed by atoms with E-state index in [4.69, 9.17) is 0 Å². The van der Waals surface area contributed by atoms with E-state index in [0.717, 1.165) is 0 Å². The first kappa shape index (κ1) is 13.3. The van der Waals surface area contributed by atoms with Crippen molar-refractivity contribution < 1.29 is 14.6 Å². The third-order valence-corrected chi connectivity index (χ3v) is 2.68. The largest absolute Gasteiger partial charge is 0.289 e. The maximum Gasteiger partial charge on any atom is 0.269 e. The first-order chi connectivity index (χ1) is 9.49. The predicted molar refractivity (Wildman–Crippen MR) is 69.6 cm³/mol. The zero-order chi connectivity index (χ0) is 14.7. The number of hydrogen-bond donors (Lipinski definition) is 0. The normalized spacial score (nSPS) is 10.0. The van der Waals surface area contributed by atoms with E-state index in [-0.39, 0.29) is 28.3 Å². The van der Waals surface area contributed by atoms with Crippen LogP contribution in [0.3, 0.4) is 0 Å². The summed E-state index contributed by atoms with van der Waals surface area (Å²) in [4.78, 5) is 32.0. The highest BCUT2D eigenvalue weighted by Gasteiger charge is 2.13. The third kappa shape index (κ3) is 2.66. The van der Waals surface area contributed by atoms with Gasteiger partial charge in [0.15, 0.2) is 5.78 Å². The molecule has 0 bridgehead atoms. The summed E-state index contributed by atoms with van der Waals surface area (Å²) in [6.45, 7) is 0. The molecule has 100 valence electrons. The minimum Gasteiger partial charge on any atom is -0.289 e. The number of nitro benzene ring substituents is 2. The lowest BCUT2D eigenvalue weighted by atomic mass is 10.0. The van der Waals surface area contributed by atoms with E-state index in [9.17, 15) is 25.0 Å². The molecule has 0 N–H and O–H groups in total. The third-order valence-electron chi connectivity index (χ3n) is 2.68. The van der Waals surface area contributed by atoms with Gasteiger partial charge in [0.1, 0.15) is 0 Å². The summed E-state index contributed by atoms with van der Waals surface area (Å²) in [5, 5.41) is 21.0. The van der Waals surface area contributed by atoms with Crippen LogP contribution in [0.4, 0.5) is 11.4 Å². The van der Waals surface area contributed by atoms with E-state index >= 15 is 0 Å². The quantitative estimate of drug-likeness (QED) is 0.483. The van der Waals surface area contributed by atoms with Gasteiger partial charge in [0.2, 0.25) is 0 Å². The van der Waals surface area contributed by atoms with Gasteiger partial charge in [-0.1, -0.05) is 0 Å². The maximum atomic E-state index is 12.1. The Balaban J connectivity index is 2.26. The molecule has 0 unspecified atom stereocenters. The Hall–Kier alpha value is -3.09. The Bertz CT molecular complexity index is 617. The first-order valence-electron chi connectivity index (χ1n) is 5.52. The van der Waals surface area contributed by atoms with Gasteiger partial charge in [0, 0.05) is 35.4 Å². The molecule has 0 saturated heterocycles. The van der Waals surface area contributed by atoms with E-state index in [0.29, 0.717) is 0 Å². The van der Waals surface area contributed by atoms with Crippen LogP contribution in [-0.4, -0.2) is 15.6 Å². The average molecular weight is 272 g/mol. The number of carbonyl (C=O) groups excluding carboxylic acids is 1. The van der Waals surface area contributed by atoms with Gasteiger partial charge in [-0.05, 0) is 24.3 Å². The number of non-ortho nitro benzene ring substituents is 2. The smallest absolute Gasteiger partial charge is 0.269 e. The van der Waals surface area contributed by atoms with Crippen LogP contribution in [0.25, 0.3) is 0 Å². The lowest BCUT2D eigenvalue weighted by molar-refractivity contribution is -0.385. The van der Waals surface area contributed by atoms with Crippen LogP contribution in [0.2, 0.25) is 0 Å². The molecule has 0 aromatic heterocycles. The Labute approximate surface area is 112 Å². The predicted octanol–water partition coefficient (Wildman–Crippen LogP) is 2.73. The molecule has 2 rings (SSSR count). The minimum absolute atomic E-state index is 0.106. The fourth-order valence-corrected chi connectivity index (χ4v) is 1.64. The summed E-state index contributed by atoms with van der Waals surface area (Å²) in [6, 6.07) is 10.3. The fourth-order valence-electron chi connectivity index (χ4n) is 1.64. The lowest BCUT2D eigenvalue weighted by Gasteiger charge is -2.01. The number of carbonyl (C=O) groups is 1. The van der Waals surface area contributed by atoms with Crippen molar-refractivity contribution in [1.29, 1.82) is 0 Å². The second-order valence-corrected chi connectivity index (χ2v) is 3.94. The highest BCUT2D eigenvalue weighted by Crippen LogP contribution is 2.17. The topological polar surface area (TPSA) is 103 Å². The monoisotopic (exact) mass is 272 g/mol. The van der Waals surface area contributed by atoms with Gasteiger partial charge in [-0.15, -0.1) is 0 Å². The van der Waals surface area contributed by atoms with Gasteiger partial charge in [0.25, 0.3) is 11.4 Å². The van der Waals surface area contributed by atoms with Crippen molar-refractivity contribution in [3.8, 4) is 0 Å². The summed E-state index contributed by atoms with van der Waals surface area (Å²) in [5.41, 5.74) is 0.351. The number of benzene rings is 2. The summed E-state index contributed by atoms with van der Waals surface area (Å²) in [7, 11) is 0. The van der Waals surface area contributed by atoms with Crippen molar-refractivity contribution in [3.63, 3.8) is 0 Å². The number of ketones is 1. The van der Waals surface area contributed by atoms with Crippen molar-refractivity contribution >= 4 is 17.2 Å². The van der Waals surface area contributed by atoms with Gasteiger partial charge in [0.05, 0.1) is 9.85 Å². The van der Waals surface area contributed by atoms with Gasteiger partial charge in [-0.2, -0.15) is 0 Å². The van der Waals surface area contributed by atoms with Crippen LogP contribution < -0.4 is 0 Å². The van der Waals surface area contributed by atoms with Crippen LogP contribution >= 0.6 is 0 Å². The van der Waals surface area contributed by atoms with Crippen molar-refractivity contribution in [2.45, 2.75) is 0 Å². The average Bonchev–Trinajstić information content (AvgIpc) is 2.46. The van der Waals surface area contributed by atoms with Crippen molar-refractivity contribution in [2.24, 2.45) is 0 Å². The summed E-state index contributed by atoms with van der Waals surface area (Å²) in [5.74, 6) is -0.352. The van der Waals surface area contributed by atoms with Gasteiger partial charge in [-0.3, -0.25) is 25.0 Å². The molecule has 7 heteroatoms. The van der Waals surface area contributed by atoms with E-state index in [1.54, 1.807) is 0 Å². The number of hydrogen-bond acceptors (Lipinski definition) is 5. The number of nitro groups is 2. The van der Waals surface area contributed by atoms with Gasteiger partial charge < -0.3 is 0 Å². The molecule has 0 atom stereocenters. The van der Waals surface area contributed by atoms with E-state index in [1.165, 1.54) is 48.5 Å². The molecular weight excluding hydrogens is 264 g/mol. The standard InChI is InChI=1S/C13H8N2O5/c16-13(9-1-5-11(6-2-9)14(17)18)10-3-7-12(8-4-10)15(19)20/h1-8H. The summed E-state index contributed by atoms with van der Waals surface area (Å²) < 4.78 is 0. The second kappa shape index (κ2) is 5.27. The highest BCUT2D eigenvalue weighted by atomic mass is 16.6. The van der Waals surface area contributed by atoms with E-state index < -0.39 is 9.85 Å². The van der Waals surface area contributed by atoms with E-state index in [1.807, 2.05) is 0 Å². The molecule has 0 aliphatic rings. The van der Waals surface area contributed by atoms with Crippen molar-refractivity contribution in [1.82, 2.24) is 0 Å². The minimum atomic E-state index is -0.555. The van der Waals surface area contributed by atoms with Gasteiger partial charge >= 0.3 is 0 Å². The molecule has 0 spiro atoms. The molecule has 0 heterocycles. The van der Waals surface area contributed by atoms with E-state index in [2.05, 4.69) is 0 Å². The molecular formula is C13H8N2O5. The lowest BCUT2D eigenvalue weighted by Crippen LogP contribution is -2.01. The summed E-state index contributed by atoms with van der Waals surface area (Å²) >= 11 is 0. The molecule has 0 fully saturated rings. The van der Waals surface area contributed by atoms with Crippen LogP contribution in [-0.2, 0) is 0 Å². The molecule has 7 nitrogen and oxygen atoms in total. The zero-order valence-electron chi connectivity index (χ0n) is 10.1. The Morgan fingerprint density at radius 2 is 1.00 bits per heavy atom. The van der Waals surface area contributed by atoms with Crippen molar-refractivity contribution in [3.05, 3.63) is 79.9 Å². The molecule has 0 saturated carbocycles. The second-order valence-electron chi connectivity index (χ2n) is 3.94. The van der Waals surface area contributed by atoms with Crippen LogP contribution in [0.1, 0.15) is 15.9 Å². The first-order valence-corrected chi connectivity index (χ1v) is 5.52. The number of nitrogens with zero attached hydrogens (tertiary/aromatic N) is 2. The zero-order valence-corrected chi connectivity index (χ0v) is 10.1. The molecule has 2 aromatic carbocycles.